The molecule has 0 aliphatic carbocycles. The fraction of sp³-hybridized carbons (Fsp3) is 0.294. The molecule has 0 radical (unpaired) electrons. The maximum absolute atomic E-state index is 12.8. The van der Waals surface area contributed by atoms with Crippen molar-refractivity contribution in [2.75, 3.05) is 17.8 Å². The van der Waals surface area contributed by atoms with Crippen LogP contribution < -0.4 is 4.72 Å². The summed E-state index contributed by atoms with van der Waals surface area (Å²) in [6.07, 6.45) is 1.59. The monoisotopic (exact) mass is 492 g/mol. The van der Waals surface area contributed by atoms with E-state index in [2.05, 4.69) is 20.7 Å². The molecule has 0 bridgehead atoms. The summed E-state index contributed by atoms with van der Waals surface area (Å²) < 4.78 is 55.2. The lowest BCUT2D eigenvalue weighted by Gasteiger charge is -2.17. The van der Waals surface area contributed by atoms with Crippen LogP contribution in [-0.2, 0) is 20.0 Å². The summed E-state index contributed by atoms with van der Waals surface area (Å²) in [4.78, 5) is -0.0405. The molecule has 0 unspecified atom stereocenters. The van der Waals surface area contributed by atoms with Crippen LogP contribution in [0.3, 0.4) is 0 Å². The van der Waals surface area contributed by atoms with Crippen LogP contribution in [0.5, 0.6) is 0 Å². The van der Waals surface area contributed by atoms with Crippen LogP contribution in [0.4, 0.5) is 5.69 Å². The van der Waals surface area contributed by atoms with Gasteiger partial charge in [-0.05, 0) is 71.6 Å². The van der Waals surface area contributed by atoms with Crippen molar-refractivity contribution < 1.29 is 16.8 Å². The second kappa shape index (κ2) is 7.71. The van der Waals surface area contributed by atoms with Gasteiger partial charge in [0.25, 0.3) is 10.0 Å². The summed E-state index contributed by atoms with van der Waals surface area (Å²) in [5.41, 5.74) is 1.04. The molecule has 1 N–H and O–H groups in total. The molecule has 2 aromatic carbocycles. The van der Waals surface area contributed by atoms with Crippen molar-refractivity contribution in [3.63, 3.8) is 0 Å². The molecule has 0 amide bonds. The van der Waals surface area contributed by atoms with E-state index in [1.54, 1.807) is 12.1 Å². The van der Waals surface area contributed by atoms with Crippen molar-refractivity contribution in [3.8, 4) is 0 Å². The normalized spacial score (nSPS) is 15.8. The zero-order valence-electron chi connectivity index (χ0n) is 14.4. The standard InChI is InChI=1S/C17H18BrClN2O4S2/c1-12-4-7-16(14(18)10-12)26(22,23)20-13-5-6-15(19)17(11-13)27(24,25)21-8-2-3-9-21/h4-7,10-11,20H,2-3,8-9H2,1H3. The third-order valence-electron chi connectivity index (χ3n) is 4.24. The van der Waals surface area contributed by atoms with E-state index in [1.807, 2.05) is 6.92 Å². The molecule has 1 fully saturated rings. The molecule has 1 aliphatic heterocycles. The lowest BCUT2D eigenvalue weighted by atomic mass is 10.2. The fourth-order valence-electron chi connectivity index (χ4n) is 2.87. The molecule has 0 spiro atoms. The van der Waals surface area contributed by atoms with Crippen molar-refractivity contribution in [1.29, 1.82) is 0 Å². The Labute approximate surface area is 172 Å². The zero-order valence-corrected chi connectivity index (χ0v) is 18.4. The molecular formula is C17H18BrClN2O4S2. The Balaban J connectivity index is 1.96. The molecule has 1 saturated heterocycles. The first-order chi connectivity index (χ1) is 12.6. The molecule has 0 atom stereocenters. The summed E-state index contributed by atoms with van der Waals surface area (Å²) >= 11 is 9.36. The van der Waals surface area contributed by atoms with Crippen molar-refractivity contribution in [1.82, 2.24) is 4.31 Å². The molecular weight excluding hydrogens is 476 g/mol. The van der Waals surface area contributed by atoms with Gasteiger partial charge in [0, 0.05) is 17.6 Å². The van der Waals surface area contributed by atoms with E-state index in [0.29, 0.717) is 17.6 Å². The number of sulfonamides is 2. The van der Waals surface area contributed by atoms with E-state index in [1.165, 1.54) is 28.6 Å². The smallest absolute Gasteiger partial charge is 0.263 e. The molecule has 1 heterocycles. The highest BCUT2D eigenvalue weighted by atomic mass is 79.9. The Morgan fingerprint density at radius 2 is 1.67 bits per heavy atom. The Kier molecular flexibility index (Phi) is 5.88. The summed E-state index contributed by atoms with van der Waals surface area (Å²) in [5, 5.41) is 0.0568. The molecule has 3 rings (SSSR count). The van der Waals surface area contributed by atoms with Crippen molar-refractivity contribution in [2.24, 2.45) is 0 Å². The number of hydrogen-bond donors (Lipinski definition) is 1. The van der Waals surface area contributed by atoms with Crippen molar-refractivity contribution >= 4 is 53.3 Å². The van der Waals surface area contributed by atoms with Gasteiger partial charge < -0.3 is 0 Å². The van der Waals surface area contributed by atoms with E-state index in [0.717, 1.165) is 18.4 Å². The molecule has 0 saturated carbocycles. The molecule has 0 aromatic heterocycles. The van der Waals surface area contributed by atoms with E-state index in [4.69, 9.17) is 11.6 Å². The third kappa shape index (κ3) is 4.32. The fourth-order valence-corrected chi connectivity index (χ4v) is 7.13. The molecule has 2 aromatic rings. The number of benzene rings is 2. The quantitative estimate of drug-likeness (QED) is 0.682. The minimum Gasteiger partial charge on any atom is -0.280 e. The maximum Gasteiger partial charge on any atom is 0.263 e. The second-order valence-corrected chi connectivity index (χ2v) is 11.1. The Morgan fingerprint density at radius 1 is 1.00 bits per heavy atom. The first-order valence-electron chi connectivity index (χ1n) is 8.20. The van der Waals surface area contributed by atoms with Gasteiger partial charge in [0.15, 0.2) is 0 Å². The van der Waals surface area contributed by atoms with E-state index < -0.39 is 20.0 Å². The van der Waals surface area contributed by atoms with Gasteiger partial charge in [-0.15, -0.1) is 0 Å². The van der Waals surface area contributed by atoms with Crippen LogP contribution in [0.1, 0.15) is 18.4 Å². The summed E-state index contributed by atoms with van der Waals surface area (Å²) in [7, 11) is -7.67. The van der Waals surface area contributed by atoms with E-state index in [9.17, 15) is 16.8 Å². The first kappa shape index (κ1) is 20.6. The highest BCUT2D eigenvalue weighted by molar-refractivity contribution is 9.10. The van der Waals surface area contributed by atoms with Gasteiger partial charge in [0.1, 0.15) is 9.79 Å². The third-order valence-corrected chi connectivity index (χ3v) is 8.98. The van der Waals surface area contributed by atoms with Crippen LogP contribution >= 0.6 is 27.5 Å². The van der Waals surface area contributed by atoms with Crippen LogP contribution in [0.2, 0.25) is 5.02 Å². The molecule has 10 heteroatoms. The Morgan fingerprint density at radius 3 is 2.30 bits per heavy atom. The predicted molar refractivity (Wildman–Crippen MR) is 109 cm³/mol. The number of anilines is 1. The van der Waals surface area contributed by atoms with Gasteiger partial charge in [0.2, 0.25) is 10.0 Å². The number of nitrogens with zero attached hydrogens (tertiary/aromatic N) is 1. The van der Waals surface area contributed by atoms with E-state index in [-0.39, 0.29) is 20.5 Å². The number of aryl methyl sites for hydroxylation is 1. The summed E-state index contributed by atoms with van der Waals surface area (Å²) in [6.45, 7) is 2.72. The average molecular weight is 494 g/mol. The van der Waals surface area contributed by atoms with Gasteiger partial charge >= 0.3 is 0 Å². The van der Waals surface area contributed by atoms with Crippen molar-refractivity contribution in [3.05, 3.63) is 51.5 Å². The Bertz CT molecular complexity index is 1080. The van der Waals surface area contributed by atoms with Gasteiger partial charge in [-0.1, -0.05) is 17.7 Å². The summed E-state index contributed by atoms with van der Waals surface area (Å²) in [5.74, 6) is 0. The van der Waals surface area contributed by atoms with Gasteiger partial charge in [0.05, 0.1) is 10.7 Å². The highest BCUT2D eigenvalue weighted by Crippen LogP contribution is 2.31. The second-order valence-electron chi connectivity index (χ2n) is 6.30. The predicted octanol–water partition coefficient (Wildman–Crippen LogP) is 4.00. The minimum absolute atomic E-state index is 0.0568. The number of nitrogens with one attached hydrogen (secondary N) is 1. The molecule has 146 valence electrons. The molecule has 6 nitrogen and oxygen atoms in total. The van der Waals surface area contributed by atoms with Crippen molar-refractivity contribution in [2.45, 2.75) is 29.6 Å². The highest BCUT2D eigenvalue weighted by Gasteiger charge is 2.29. The van der Waals surface area contributed by atoms with E-state index >= 15 is 0 Å². The van der Waals surface area contributed by atoms with Crippen LogP contribution in [0, 0.1) is 6.92 Å². The van der Waals surface area contributed by atoms with Crippen LogP contribution in [0.15, 0.2) is 50.7 Å². The largest absolute Gasteiger partial charge is 0.280 e. The summed E-state index contributed by atoms with van der Waals surface area (Å²) in [6, 6.07) is 8.94. The van der Waals surface area contributed by atoms with Crippen LogP contribution in [-0.4, -0.2) is 34.2 Å². The van der Waals surface area contributed by atoms with Gasteiger partial charge in [-0.2, -0.15) is 4.31 Å². The average Bonchev–Trinajstić information content (AvgIpc) is 3.11. The number of hydrogen-bond acceptors (Lipinski definition) is 4. The number of halogens is 2. The zero-order chi connectivity index (χ0) is 19.8. The SMILES string of the molecule is Cc1ccc(S(=O)(=O)Nc2ccc(Cl)c(S(=O)(=O)N3CCCC3)c2)c(Br)c1. The van der Waals surface area contributed by atoms with Gasteiger partial charge in [-0.25, -0.2) is 16.8 Å². The number of rotatable bonds is 5. The first-order valence-corrected chi connectivity index (χ1v) is 12.3. The minimum atomic E-state index is -3.90. The van der Waals surface area contributed by atoms with Gasteiger partial charge in [-0.3, -0.25) is 4.72 Å². The maximum atomic E-state index is 12.8. The lowest BCUT2D eigenvalue weighted by molar-refractivity contribution is 0.477. The Hall–Kier alpha value is -1.13. The molecule has 1 aliphatic rings. The topological polar surface area (TPSA) is 83.5 Å². The lowest BCUT2D eigenvalue weighted by Crippen LogP contribution is -2.28. The van der Waals surface area contributed by atoms with Crippen LogP contribution in [0.25, 0.3) is 0 Å². The molecule has 27 heavy (non-hydrogen) atoms.